The molecule has 0 amide bonds. The first-order valence-electron chi connectivity index (χ1n) is 5.34. The molecule has 0 spiro atoms. The number of rotatable bonds is 7. The van der Waals surface area contributed by atoms with Gasteiger partial charge in [-0.05, 0) is 17.3 Å². The van der Waals surface area contributed by atoms with Crippen molar-refractivity contribution in [3.05, 3.63) is 0 Å². The molecule has 0 N–H and O–H groups in total. The van der Waals surface area contributed by atoms with Crippen LogP contribution in [-0.2, 0) is 9.53 Å². The first-order chi connectivity index (χ1) is 6.33. The quantitative estimate of drug-likeness (QED) is 0.590. The summed E-state index contributed by atoms with van der Waals surface area (Å²) in [4.78, 5) is 10.4. The van der Waals surface area contributed by atoms with Gasteiger partial charge in [0.2, 0.25) is 0 Å². The minimum absolute atomic E-state index is 0.0223. The molecular formula is C12H24O2. The van der Waals surface area contributed by atoms with E-state index in [4.69, 9.17) is 4.74 Å². The summed E-state index contributed by atoms with van der Waals surface area (Å²) in [6, 6.07) is 0. The third kappa shape index (κ3) is 6.14. The average Bonchev–Trinajstić information content (AvgIpc) is 2.03. The highest BCUT2D eigenvalue weighted by atomic mass is 16.5. The van der Waals surface area contributed by atoms with E-state index in [1.165, 1.54) is 0 Å². The van der Waals surface area contributed by atoms with Gasteiger partial charge in [0.25, 0.3) is 0 Å². The van der Waals surface area contributed by atoms with E-state index < -0.39 is 0 Å². The first-order valence-corrected chi connectivity index (χ1v) is 5.34. The van der Waals surface area contributed by atoms with Gasteiger partial charge in [-0.25, -0.2) is 0 Å². The molecule has 0 saturated carbocycles. The molecule has 0 aromatic rings. The van der Waals surface area contributed by atoms with Crippen LogP contribution < -0.4 is 0 Å². The number of aldehydes is 1. The third-order valence-electron chi connectivity index (χ3n) is 2.58. The van der Waals surface area contributed by atoms with Crippen molar-refractivity contribution in [2.75, 3.05) is 13.2 Å². The molecule has 0 radical (unpaired) electrons. The van der Waals surface area contributed by atoms with Gasteiger partial charge in [-0.1, -0.05) is 34.6 Å². The molecule has 2 heteroatoms. The monoisotopic (exact) mass is 200 g/mol. The van der Waals surface area contributed by atoms with Gasteiger partial charge < -0.3 is 9.53 Å². The molecule has 0 unspecified atom stereocenters. The Kier molecular flexibility index (Phi) is 5.35. The summed E-state index contributed by atoms with van der Waals surface area (Å²) in [5.41, 5.74) is 0.225. The van der Waals surface area contributed by atoms with Gasteiger partial charge in [0, 0.05) is 6.42 Å². The van der Waals surface area contributed by atoms with Crippen LogP contribution in [0, 0.1) is 10.8 Å². The van der Waals surface area contributed by atoms with Crippen molar-refractivity contribution in [2.45, 2.75) is 47.5 Å². The molecule has 2 nitrogen and oxygen atoms in total. The summed E-state index contributed by atoms with van der Waals surface area (Å²) >= 11 is 0. The summed E-state index contributed by atoms with van der Waals surface area (Å²) in [5.74, 6) is 0. The Morgan fingerprint density at radius 2 is 1.57 bits per heavy atom. The van der Waals surface area contributed by atoms with Crippen LogP contribution in [0.2, 0.25) is 0 Å². The molecule has 14 heavy (non-hydrogen) atoms. The molecule has 0 aliphatic heterocycles. The highest BCUT2D eigenvalue weighted by molar-refractivity contribution is 5.50. The lowest BCUT2D eigenvalue weighted by molar-refractivity contribution is -0.110. The zero-order chi connectivity index (χ0) is 11.2. The number of ether oxygens (including phenoxy) is 1. The van der Waals surface area contributed by atoms with E-state index >= 15 is 0 Å². The van der Waals surface area contributed by atoms with E-state index in [0.717, 1.165) is 19.3 Å². The van der Waals surface area contributed by atoms with Crippen molar-refractivity contribution in [3.63, 3.8) is 0 Å². The maximum Gasteiger partial charge on any atom is 0.120 e. The summed E-state index contributed by atoms with van der Waals surface area (Å²) in [6.07, 6.45) is 2.65. The Morgan fingerprint density at radius 3 is 2.00 bits per heavy atom. The van der Waals surface area contributed by atoms with E-state index in [0.29, 0.717) is 13.0 Å². The van der Waals surface area contributed by atoms with E-state index in [9.17, 15) is 4.79 Å². The Hall–Kier alpha value is -0.370. The van der Waals surface area contributed by atoms with E-state index in [1.54, 1.807) is 0 Å². The highest BCUT2D eigenvalue weighted by Gasteiger charge is 2.20. The van der Waals surface area contributed by atoms with Crippen LogP contribution in [0.4, 0.5) is 0 Å². The van der Waals surface area contributed by atoms with Crippen molar-refractivity contribution in [3.8, 4) is 0 Å². The molecule has 0 fully saturated rings. The second-order valence-corrected chi connectivity index (χ2v) is 5.55. The van der Waals surface area contributed by atoms with Crippen LogP contribution in [0.3, 0.4) is 0 Å². The van der Waals surface area contributed by atoms with E-state index in [-0.39, 0.29) is 10.8 Å². The lowest BCUT2D eigenvalue weighted by atomic mass is 9.90. The molecule has 0 aromatic carbocycles. The fourth-order valence-corrected chi connectivity index (χ4v) is 0.990. The van der Waals surface area contributed by atoms with Gasteiger partial charge in [-0.2, -0.15) is 0 Å². The fraction of sp³-hybridized carbons (Fsp3) is 0.917. The Labute approximate surface area is 88.0 Å². The molecule has 0 heterocycles. The number of hydrogen-bond acceptors (Lipinski definition) is 2. The molecule has 0 atom stereocenters. The second-order valence-electron chi connectivity index (χ2n) is 5.55. The SMILES string of the molecule is CCC(C)(C)COCC(C)(C)CC=O. The summed E-state index contributed by atoms with van der Waals surface area (Å²) in [6.45, 7) is 12.1. The molecule has 84 valence electrons. The lowest BCUT2D eigenvalue weighted by Crippen LogP contribution is -2.25. The van der Waals surface area contributed by atoms with Gasteiger partial charge in [0.1, 0.15) is 6.29 Å². The maximum atomic E-state index is 10.4. The predicted molar refractivity (Wildman–Crippen MR) is 59.4 cm³/mol. The van der Waals surface area contributed by atoms with Gasteiger partial charge >= 0.3 is 0 Å². The summed E-state index contributed by atoms with van der Waals surface area (Å²) in [5, 5.41) is 0. The minimum Gasteiger partial charge on any atom is -0.380 e. The Morgan fingerprint density at radius 1 is 1.07 bits per heavy atom. The average molecular weight is 200 g/mol. The molecule has 0 saturated heterocycles. The van der Waals surface area contributed by atoms with Crippen LogP contribution in [0.25, 0.3) is 0 Å². The molecular weight excluding hydrogens is 176 g/mol. The van der Waals surface area contributed by atoms with Crippen LogP contribution in [0.5, 0.6) is 0 Å². The van der Waals surface area contributed by atoms with Crippen LogP contribution >= 0.6 is 0 Å². The standard InChI is InChI=1S/C12H24O2/c1-6-11(2,3)9-14-10-12(4,5)7-8-13/h8H,6-7,9-10H2,1-5H3. The number of hydrogen-bond donors (Lipinski definition) is 0. The van der Waals surface area contributed by atoms with Crippen molar-refractivity contribution in [2.24, 2.45) is 10.8 Å². The van der Waals surface area contributed by atoms with Crippen LogP contribution in [0.1, 0.15) is 47.5 Å². The van der Waals surface area contributed by atoms with Crippen molar-refractivity contribution >= 4 is 6.29 Å². The van der Waals surface area contributed by atoms with E-state index in [2.05, 4.69) is 34.6 Å². The smallest absolute Gasteiger partial charge is 0.120 e. The van der Waals surface area contributed by atoms with Gasteiger partial charge in [-0.15, -0.1) is 0 Å². The molecule has 0 bridgehead atoms. The normalized spacial score (nSPS) is 12.9. The lowest BCUT2D eigenvalue weighted by Gasteiger charge is -2.27. The topological polar surface area (TPSA) is 26.3 Å². The molecule has 0 aromatic heterocycles. The van der Waals surface area contributed by atoms with Gasteiger partial charge in [0.15, 0.2) is 0 Å². The van der Waals surface area contributed by atoms with Gasteiger partial charge in [-0.3, -0.25) is 0 Å². The number of carbonyl (C=O) groups is 1. The second kappa shape index (κ2) is 5.50. The van der Waals surface area contributed by atoms with Gasteiger partial charge in [0.05, 0.1) is 13.2 Å². The largest absolute Gasteiger partial charge is 0.380 e. The van der Waals surface area contributed by atoms with Crippen LogP contribution in [-0.4, -0.2) is 19.5 Å². The minimum atomic E-state index is -0.0223. The third-order valence-corrected chi connectivity index (χ3v) is 2.58. The zero-order valence-electron chi connectivity index (χ0n) is 10.2. The van der Waals surface area contributed by atoms with E-state index in [1.807, 2.05) is 0 Å². The maximum absolute atomic E-state index is 10.4. The number of carbonyl (C=O) groups excluding carboxylic acids is 1. The molecule has 0 aliphatic rings. The fourth-order valence-electron chi connectivity index (χ4n) is 0.990. The van der Waals surface area contributed by atoms with Crippen molar-refractivity contribution in [1.29, 1.82) is 0 Å². The Balaban J connectivity index is 3.78. The van der Waals surface area contributed by atoms with Crippen LogP contribution in [0.15, 0.2) is 0 Å². The van der Waals surface area contributed by atoms with Crippen molar-refractivity contribution < 1.29 is 9.53 Å². The summed E-state index contributed by atoms with van der Waals surface area (Å²) in [7, 11) is 0. The van der Waals surface area contributed by atoms with Crippen molar-refractivity contribution in [1.82, 2.24) is 0 Å². The highest BCUT2D eigenvalue weighted by Crippen LogP contribution is 2.23. The zero-order valence-corrected chi connectivity index (χ0v) is 10.2. The predicted octanol–water partition coefficient (Wildman–Crippen LogP) is 3.05. The summed E-state index contributed by atoms with van der Waals surface area (Å²) < 4.78 is 5.65. The first kappa shape index (κ1) is 13.6. The molecule has 0 rings (SSSR count). The molecule has 0 aliphatic carbocycles. The Bertz CT molecular complexity index is 171.